The highest BCUT2D eigenvalue weighted by Gasteiger charge is 2.47. The second kappa shape index (κ2) is 12.4. The Bertz CT molecular complexity index is 2900. The number of rotatable bonds is 6. The fourth-order valence-corrected chi connectivity index (χ4v) is 9.30. The molecule has 0 amide bonds. The van der Waals surface area contributed by atoms with Crippen molar-refractivity contribution in [1.82, 2.24) is 15.0 Å². The van der Waals surface area contributed by atoms with Gasteiger partial charge in [0.05, 0.1) is 10.3 Å². The van der Waals surface area contributed by atoms with Crippen LogP contribution in [0, 0.1) is 0 Å². The first-order chi connectivity index (χ1) is 26.2. The van der Waals surface area contributed by atoms with Gasteiger partial charge in [-0.15, -0.1) is 11.3 Å². The number of furan rings is 1. The molecule has 3 heterocycles. The minimum atomic E-state index is -0.527. The molecule has 5 heteroatoms. The van der Waals surface area contributed by atoms with E-state index in [-0.39, 0.29) is 0 Å². The molecule has 0 fully saturated rings. The molecule has 53 heavy (non-hydrogen) atoms. The zero-order valence-electron chi connectivity index (χ0n) is 29.2. The number of hydrogen-bond acceptors (Lipinski definition) is 5. The average Bonchev–Trinajstić information content (AvgIpc) is 3.91. The molecular formula is C48H33N3OS. The lowest BCUT2D eigenvalue weighted by Crippen LogP contribution is -2.29. The lowest BCUT2D eigenvalue weighted by Gasteiger charge is -2.34. The molecule has 3 aromatic heterocycles. The van der Waals surface area contributed by atoms with Crippen molar-refractivity contribution in [3.63, 3.8) is 0 Å². The number of fused-ring (bicyclic) bond motifs is 7. The molecule has 252 valence electrons. The highest BCUT2D eigenvalue weighted by molar-refractivity contribution is 7.22. The summed E-state index contributed by atoms with van der Waals surface area (Å²) in [6, 6.07) is 51.3. The predicted octanol–water partition coefficient (Wildman–Crippen LogP) is 12.8. The summed E-state index contributed by atoms with van der Waals surface area (Å²) < 4.78 is 7.52. The maximum atomic E-state index is 6.32. The van der Waals surface area contributed by atoms with Gasteiger partial charge in [0.2, 0.25) is 0 Å². The summed E-state index contributed by atoms with van der Waals surface area (Å²) in [6.07, 6.45) is 6.64. The van der Waals surface area contributed by atoms with Crippen molar-refractivity contribution in [1.29, 1.82) is 0 Å². The molecule has 0 radical (unpaired) electrons. The van der Waals surface area contributed by atoms with Gasteiger partial charge >= 0.3 is 0 Å². The van der Waals surface area contributed by atoms with Gasteiger partial charge in [0.15, 0.2) is 17.5 Å². The van der Waals surface area contributed by atoms with E-state index in [4.69, 9.17) is 19.4 Å². The minimum absolute atomic E-state index is 0.527. The number of aromatic nitrogens is 3. The van der Waals surface area contributed by atoms with E-state index in [1.807, 2.05) is 18.2 Å². The smallest absolute Gasteiger partial charge is 0.174 e. The van der Waals surface area contributed by atoms with Crippen molar-refractivity contribution in [2.45, 2.75) is 19.3 Å². The molecular weight excluding hydrogens is 667 g/mol. The van der Waals surface area contributed by atoms with Crippen LogP contribution in [-0.4, -0.2) is 15.0 Å². The molecule has 1 unspecified atom stereocenters. The SMILES string of the molecule is C/C=C\C(=C/C)C1(c2ccccc2)c2ccccc2-c2c(-c3nc(-c4ccc5c(c4)oc4ccccc45)nc(-c4cc5ccccc5s4)n3)cccc21. The zero-order chi connectivity index (χ0) is 35.5. The van der Waals surface area contributed by atoms with E-state index in [2.05, 4.69) is 159 Å². The normalized spacial score (nSPS) is 15.5. The second-order valence-corrected chi connectivity index (χ2v) is 14.5. The van der Waals surface area contributed by atoms with Gasteiger partial charge in [-0.1, -0.05) is 133 Å². The monoisotopic (exact) mass is 699 g/mol. The van der Waals surface area contributed by atoms with Crippen LogP contribution in [0.1, 0.15) is 30.5 Å². The number of hydrogen-bond donors (Lipinski definition) is 0. The molecule has 0 bridgehead atoms. The Morgan fingerprint density at radius 3 is 2.19 bits per heavy atom. The lowest BCUT2D eigenvalue weighted by atomic mass is 9.67. The number of para-hydroxylation sites is 1. The fourth-order valence-electron chi connectivity index (χ4n) is 8.30. The van der Waals surface area contributed by atoms with Gasteiger partial charge in [-0.25, -0.2) is 15.0 Å². The number of nitrogens with zero attached hydrogens (tertiary/aromatic N) is 3. The van der Waals surface area contributed by atoms with Gasteiger partial charge in [0.25, 0.3) is 0 Å². The fraction of sp³-hybridized carbons (Fsp3) is 0.0625. The number of allylic oxidation sites excluding steroid dienone is 4. The molecule has 0 saturated heterocycles. The van der Waals surface area contributed by atoms with Crippen molar-refractivity contribution in [3.05, 3.63) is 186 Å². The molecule has 0 aliphatic heterocycles. The van der Waals surface area contributed by atoms with E-state index in [0.717, 1.165) is 43.5 Å². The molecule has 0 N–H and O–H groups in total. The van der Waals surface area contributed by atoms with Crippen LogP contribution in [-0.2, 0) is 5.41 Å². The largest absolute Gasteiger partial charge is 0.456 e. The van der Waals surface area contributed by atoms with E-state index in [1.165, 1.54) is 37.9 Å². The van der Waals surface area contributed by atoms with Crippen LogP contribution in [0.5, 0.6) is 0 Å². The molecule has 1 aliphatic carbocycles. The van der Waals surface area contributed by atoms with E-state index in [9.17, 15) is 0 Å². The second-order valence-electron chi connectivity index (χ2n) is 13.4. The molecule has 6 aromatic carbocycles. The highest BCUT2D eigenvalue weighted by atomic mass is 32.1. The summed E-state index contributed by atoms with van der Waals surface area (Å²) in [7, 11) is 0. The van der Waals surface area contributed by atoms with Crippen LogP contribution in [0.2, 0.25) is 0 Å². The van der Waals surface area contributed by atoms with Gasteiger partial charge < -0.3 is 4.42 Å². The first kappa shape index (κ1) is 31.3. The molecule has 10 rings (SSSR count). The predicted molar refractivity (Wildman–Crippen MR) is 219 cm³/mol. The van der Waals surface area contributed by atoms with Gasteiger partial charge in [-0.3, -0.25) is 0 Å². The van der Waals surface area contributed by atoms with Gasteiger partial charge in [-0.05, 0) is 83.0 Å². The third-order valence-electron chi connectivity index (χ3n) is 10.5. The Morgan fingerprint density at radius 1 is 0.604 bits per heavy atom. The molecule has 0 spiro atoms. The van der Waals surface area contributed by atoms with Crippen molar-refractivity contribution in [2.75, 3.05) is 0 Å². The van der Waals surface area contributed by atoms with Crippen LogP contribution in [0.25, 0.3) is 76.6 Å². The topological polar surface area (TPSA) is 51.8 Å². The maximum Gasteiger partial charge on any atom is 0.174 e. The van der Waals surface area contributed by atoms with Crippen molar-refractivity contribution in [3.8, 4) is 44.6 Å². The van der Waals surface area contributed by atoms with Gasteiger partial charge in [0, 0.05) is 26.6 Å². The third-order valence-corrected chi connectivity index (χ3v) is 11.6. The standard InChI is InChI=1S/C48H33N3OS/c1-3-15-32(4-2)48(33-17-6-5-7-18-33)38-22-11-9-20-36(38)44-37(21-14-23-39(44)48)46-49-45(50-47(51-46)43-29-30-16-8-13-25-42(30)53-43)31-26-27-35-34-19-10-12-24-40(34)52-41(35)28-31/h3-29H,1-2H3/b15-3-,32-4+. The summed E-state index contributed by atoms with van der Waals surface area (Å²) in [5.41, 5.74) is 10.2. The molecule has 9 aromatic rings. The molecule has 0 saturated carbocycles. The van der Waals surface area contributed by atoms with Crippen molar-refractivity contribution < 1.29 is 4.42 Å². The highest BCUT2D eigenvalue weighted by Crippen LogP contribution is 2.58. The maximum absolute atomic E-state index is 6.32. The first-order valence-corrected chi connectivity index (χ1v) is 18.7. The summed E-state index contributed by atoms with van der Waals surface area (Å²) in [6.45, 7) is 4.23. The van der Waals surface area contributed by atoms with Crippen LogP contribution in [0.15, 0.2) is 174 Å². The summed E-state index contributed by atoms with van der Waals surface area (Å²) in [5, 5.41) is 3.33. The Morgan fingerprint density at radius 2 is 1.32 bits per heavy atom. The average molecular weight is 700 g/mol. The van der Waals surface area contributed by atoms with Crippen LogP contribution in [0.3, 0.4) is 0 Å². The molecule has 1 atom stereocenters. The first-order valence-electron chi connectivity index (χ1n) is 17.9. The number of thiophene rings is 1. The summed E-state index contributed by atoms with van der Waals surface area (Å²) >= 11 is 1.70. The van der Waals surface area contributed by atoms with E-state index >= 15 is 0 Å². The summed E-state index contributed by atoms with van der Waals surface area (Å²) in [4.78, 5) is 16.8. The Balaban J connectivity index is 1.25. The van der Waals surface area contributed by atoms with E-state index in [1.54, 1.807) is 11.3 Å². The zero-order valence-corrected chi connectivity index (χ0v) is 30.1. The summed E-state index contributed by atoms with van der Waals surface area (Å²) in [5.74, 6) is 1.89. The van der Waals surface area contributed by atoms with Crippen LogP contribution >= 0.6 is 11.3 Å². The van der Waals surface area contributed by atoms with Crippen LogP contribution < -0.4 is 0 Å². The molecule has 1 aliphatic rings. The van der Waals surface area contributed by atoms with Crippen molar-refractivity contribution in [2.24, 2.45) is 0 Å². The van der Waals surface area contributed by atoms with E-state index in [0.29, 0.717) is 17.5 Å². The Kier molecular flexibility index (Phi) is 7.31. The molecule has 4 nitrogen and oxygen atoms in total. The third kappa shape index (κ3) is 4.78. The van der Waals surface area contributed by atoms with Gasteiger partial charge in [-0.2, -0.15) is 0 Å². The lowest BCUT2D eigenvalue weighted by molar-refractivity contribution is 0.669. The van der Waals surface area contributed by atoms with Gasteiger partial charge in [0.1, 0.15) is 11.2 Å². The Labute approximate surface area is 311 Å². The Hall–Kier alpha value is -6.43. The van der Waals surface area contributed by atoms with E-state index < -0.39 is 5.41 Å². The van der Waals surface area contributed by atoms with Crippen molar-refractivity contribution >= 4 is 43.4 Å². The van der Waals surface area contributed by atoms with Crippen LogP contribution in [0.4, 0.5) is 0 Å². The minimum Gasteiger partial charge on any atom is -0.456 e. The number of benzene rings is 6. The quantitative estimate of drug-likeness (QED) is 0.162.